The van der Waals surface area contributed by atoms with Gasteiger partial charge in [0, 0.05) is 19.0 Å². The average Bonchev–Trinajstić information content (AvgIpc) is 2.89. The second-order valence-corrected chi connectivity index (χ2v) is 6.08. The quantitative estimate of drug-likeness (QED) is 0.907. The van der Waals surface area contributed by atoms with Gasteiger partial charge in [-0.1, -0.05) is 26.2 Å². The molecule has 3 rings (SSSR count). The summed E-state index contributed by atoms with van der Waals surface area (Å²) < 4.78 is 2.33. The highest BCUT2D eigenvalue weighted by atomic mass is 15.3. The van der Waals surface area contributed by atoms with Crippen LogP contribution in [0.2, 0.25) is 0 Å². The van der Waals surface area contributed by atoms with E-state index in [4.69, 9.17) is 0 Å². The van der Waals surface area contributed by atoms with E-state index in [1.165, 1.54) is 50.8 Å². The van der Waals surface area contributed by atoms with Crippen LogP contribution in [0.15, 0.2) is 0 Å². The van der Waals surface area contributed by atoms with Gasteiger partial charge in [-0.25, -0.2) is 0 Å². The molecule has 0 bridgehead atoms. The molecule has 19 heavy (non-hydrogen) atoms. The molecule has 1 saturated carbocycles. The van der Waals surface area contributed by atoms with Crippen molar-refractivity contribution in [3.05, 3.63) is 11.6 Å². The number of nitrogens with zero attached hydrogens (tertiary/aromatic N) is 3. The van der Waals surface area contributed by atoms with Crippen molar-refractivity contribution in [2.45, 2.75) is 77.4 Å². The first-order chi connectivity index (χ1) is 9.38. The zero-order valence-electron chi connectivity index (χ0n) is 12.1. The predicted molar refractivity (Wildman–Crippen MR) is 75.8 cm³/mol. The van der Waals surface area contributed by atoms with Gasteiger partial charge in [0.25, 0.3) is 0 Å². The summed E-state index contributed by atoms with van der Waals surface area (Å²) >= 11 is 0. The topological polar surface area (TPSA) is 42.7 Å². The number of aryl methyl sites for hydroxylation is 1. The lowest BCUT2D eigenvalue weighted by Gasteiger charge is -2.31. The van der Waals surface area contributed by atoms with Crippen molar-refractivity contribution in [1.82, 2.24) is 20.1 Å². The third-order valence-corrected chi connectivity index (χ3v) is 4.89. The van der Waals surface area contributed by atoms with Crippen LogP contribution < -0.4 is 5.32 Å². The highest BCUT2D eigenvalue weighted by Crippen LogP contribution is 2.27. The molecule has 2 heterocycles. The maximum absolute atomic E-state index is 4.38. The molecule has 4 nitrogen and oxygen atoms in total. The van der Waals surface area contributed by atoms with Crippen molar-refractivity contribution in [3.63, 3.8) is 0 Å². The van der Waals surface area contributed by atoms with E-state index < -0.39 is 0 Å². The van der Waals surface area contributed by atoms with Gasteiger partial charge < -0.3 is 9.88 Å². The van der Waals surface area contributed by atoms with Gasteiger partial charge in [-0.05, 0) is 31.6 Å². The molecule has 0 saturated heterocycles. The largest absolute Gasteiger partial charge is 0.314 e. The first-order valence-corrected chi connectivity index (χ1v) is 8.03. The van der Waals surface area contributed by atoms with Crippen molar-refractivity contribution in [3.8, 4) is 0 Å². The molecule has 2 unspecified atom stereocenters. The molecule has 1 fully saturated rings. The van der Waals surface area contributed by atoms with Crippen LogP contribution in [-0.2, 0) is 19.5 Å². The summed E-state index contributed by atoms with van der Waals surface area (Å²) in [5, 5.41) is 12.5. The lowest BCUT2D eigenvalue weighted by molar-refractivity contribution is 0.252. The fraction of sp³-hybridized carbons (Fsp3) is 0.867. The number of rotatable bonds is 4. The third-order valence-electron chi connectivity index (χ3n) is 4.89. The Bertz CT molecular complexity index is 412. The van der Waals surface area contributed by atoms with Crippen molar-refractivity contribution < 1.29 is 0 Å². The van der Waals surface area contributed by atoms with Crippen LogP contribution in [0.5, 0.6) is 0 Å². The van der Waals surface area contributed by atoms with E-state index >= 15 is 0 Å². The summed E-state index contributed by atoms with van der Waals surface area (Å²) in [5.74, 6) is 3.20. The van der Waals surface area contributed by atoms with Gasteiger partial charge in [0.05, 0.1) is 6.54 Å². The van der Waals surface area contributed by atoms with Crippen LogP contribution in [0.4, 0.5) is 0 Å². The second-order valence-electron chi connectivity index (χ2n) is 6.08. The molecule has 0 spiro atoms. The lowest BCUT2D eigenvalue weighted by Crippen LogP contribution is -2.38. The first-order valence-electron chi connectivity index (χ1n) is 8.03. The van der Waals surface area contributed by atoms with Crippen molar-refractivity contribution in [2.75, 3.05) is 0 Å². The van der Waals surface area contributed by atoms with E-state index in [0.29, 0.717) is 6.04 Å². The van der Waals surface area contributed by atoms with Crippen molar-refractivity contribution >= 4 is 0 Å². The fourth-order valence-corrected chi connectivity index (χ4v) is 3.69. The van der Waals surface area contributed by atoms with Crippen LogP contribution in [0, 0.1) is 5.92 Å². The van der Waals surface area contributed by atoms with Gasteiger partial charge in [0.1, 0.15) is 11.6 Å². The summed E-state index contributed by atoms with van der Waals surface area (Å²) in [4.78, 5) is 0. The normalized spacial score (nSPS) is 27.2. The summed E-state index contributed by atoms with van der Waals surface area (Å²) in [6.45, 7) is 4.33. The van der Waals surface area contributed by atoms with Crippen LogP contribution in [0.1, 0.15) is 63.5 Å². The minimum Gasteiger partial charge on any atom is -0.314 e. The standard InChI is InChI=1S/C15H26N4/c1-2-12-7-3-4-8-13(12)16-11-15-18-17-14-9-5-6-10-19(14)15/h12-13,16H,2-11H2,1H3. The molecule has 106 valence electrons. The molecule has 1 N–H and O–H groups in total. The van der Waals surface area contributed by atoms with Gasteiger partial charge in [-0.15, -0.1) is 10.2 Å². The van der Waals surface area contributed by atoms with Gasteiger partial charge in [0.15, 0.2) is 0 Å². The fourth-order valence-electron chi connectivity index (χ4n) is 3.69. The molecule has 2 atom stereocenters. The summed E-state index contributed by atoms with van der Waals surface area (Å²) in [7, 11) is 0. The minimum absolute atomic E-state index is 0.690. The molecule has 4 heteroatoms. The van der Waals surface area contributed by atoms with E-state index in [0.717, 1.165) is 31.3 Å². The zero-order chi connectivity index (χ0) is 13.1. The predicted octanol–water partition coefficient (Wildman–Crippen LogP) is 2.67. The molecule has 1 aliphatic heterocycles. The van der Waals surface area contributed by atoms with Crippen molar-refractivity contribution in [1.29, 1.82) is 0 Å². The highest BCUT2D eigenvalue weighted by Gasteiger charge is 2.24. The Morgan fingerprint density at radius 2 is 2.05 bits per heavy atom. The van der Waals surface area contributed by atoms with E-state index in [2.05, 4.69) is 27.0 Å². The van der Waals surface area contributed by atoms with E-state index in [-0.39, 0.29) is 0 Å². The van der Waals surface area contributed by atoms with Crippen LogP contribution >= 0.6 is 0 Å². The number of fused-ring (bicyclic) bond motifs is 1. The van der Waals surface area contributed by atoms with Crippen LogP contribution in [-0.4, -0.2) is 20.8 Å². The van der Waals surface area contributed by atoms with E-state index in [1.54, 1.807) is 0 Å². The summed E-state index contributed by atoms with van der Waals surface area (Å²) in [6.07, 6.45) is 10.5. The Morgan fingerprint density at radius 1 is 1.16 bits per heavy atom. The van der Waals surface area contributed by atoms with E-state index in [9.17, 15) is 0 Å². The molecule has 2 aliphatic rings. The maximum atomic E-state index is 4.38. The third kappa shape index (κ3) is 2.83. The van der Waals surface area contributed by atoms with E-state index in [1.807, 2.05) is 0 Å². The van der Waals surface area contributed by atoms with Crippen LogP contribution in [0.3, 0.4) is 0 Å². The number of nitrogens with one attached hydrogen (secondary N) is 1. The monoisotopic (exact) mass is 262 g/mol. The summed E-state index contributed by atoms with van der Waals surface area (Å²) in [5.41, 5.74) is 0. The number of hydrogen-bond donors (Lipinski definition) is 1. The molecule has 0 aromatic carbocycles. The molecule has 0 radical (unpaired) electrons. The average molecular weight is 262 g/mol. The smallest absolute Gasteiger partial charge is 0.147 e. The SMILES string of the molecule is CCC1CCCCC1NCc1nnc2n1CCCC2. The Balaban J connectivity index is 1.61. The Labute approximate surface area is 116 Å². The van der Waals surface area contributed by atoms with Gasteiger partial charge in [-0.3, -0.25) is 0 Å². The van der Waals surface area contributed by atoms with Gasteiger partial charge in [-0.2, -0.15) is 0 Å². The molecule has 0 amide bonds. The van der Waals surface area contributed by atoms with Crippen LogP contribution in [0.25, 0.3) is 0 Å². The molecule has 1 aliphatic carbocycles. The highest BCUT2D eigenvalue weighted by molar-refractivity contribution is 4.99. The van der Waals surface area contributed by atoms with Gasteiger partial charge in [0.2, 0.25) is 0 Å². The molecular weight excluding hydrogens is 236 g/mol. The molecule has 1 aromatic rings. The number of aromatic nitrogens is 3. The zero-order valence-corrected chi connectivity index (χ0v) is 12.1. The van der Waals surface area contributed by atoms with Gasteiger partial charge >= 0.3 is 0 Å². The first kappa shape index (κ1) is 13.1. The minimum atomic E-state index is 0.690. The lowest BCUT2D eigenvalue weighted by atomic mass is 9.83. The Kier molecular flexibility index (Phi) is 4.16. The maximum Gasteiger partial charge on any atom is 0.147 e. The Morgan fingerprint density at radius 3 is 2.95 bits per heavy atom. The van der Waals surface area contributed by atoms with Crippen molar-refractivity contribution in [2.24, 2.45) is 5.92 Å². The Hall–Kier alpha value is -0.900. The second kappa shape index (κ2) is 6.04. The summed E-state index contributed by atoms with van der Waals surface area (Å²) in [6, 6.07) is 0.690. The molecular formula is C15H26N4. The number of hydrogen-bond acceptors (Lipinski definition) is 3. The molecule has 1 aromatic heterocycles.